The maximum absolute atomic E-state index is 9.17. The number of aliphatic hydroxyl groups excluding tert-OH is 1. The molecule has 2 aromatic rings. The van der Waals surface area contributed by atoms with Crippen LogP contribution in [-0.2, 0) is 6.54 Å². The van der Waals surface area contributed by atoms with Gasteiger partial charge in [-0.25, -0.2) is 4.99 Å². The van der Waals surface area contributed by atoms with Crippen molar-refractivity contribution >= 4 is 47.7 Å². The number of ether oxygens (including phenoxy) is 1. The summed E-state index contributed by atoms with van der Waals surface area (Å²) in [5.74, 6) is 1.39. The van der Waals surface area contributed by atoms with E-state index in [9.17, 15) is 5.11 Å². The molecule has 0 aliphatic carbocycles. The number of hydrogen-bond donors (Lipinski definition) is 2. The van der Waals surface area contributed by atoms with Crippen LogP contribution in [0, 0.1) is 0 Å². The van der Waals surface area contributed by atoms with Gasteiger partial charge in [0.05, 0.1) is 23.3 Å². The second-order valence-electron chi connectivity index (χ2n) is 6.28. The average Bonchev–Trinajstić information content (AvgIpc) is 3.16. The number of hydrogen-bond acceptors (Lipinski definition) is 5. The number of aliphatic hydroxyl groups is 1. The van der Waals surface area contributed by atoms with Crippen molar-refractivity contribution in [2.45, 2.75) is 39.3 Å². The summed E-state index contributed by atoms with van der Waals surface area (Å²) in [6.07, 6.45) is 2.13. The van der Waals surface area contributed by atoms with E-state index in [0.717, 1.165) is 34.7 Å². The summed E-state index contributed by atoms with van der Waals surface area (Å²) in [6, 6.07) is 9.86. The van der Waals surface area contributed by atoms with Crippen LogP contribution in [0.15, 0.2) is 40.7 Å². The topological polar surface area (TPSA) is 71.1 Å². The molecule has 5 nitrogen and oxygen atoms in total. The summed E-state index contributed by atoms with van der Waals surface area (Å²) in [5.41, 5.74) is 7.97. The standard InChI is InChI=1S/C20H29N3O2S.2ClH/c1-4-17(5-2)25-18-9-8-16(13-15(18)14-23(3)10-11-24)22-20(21)19-7-6-12-26-19;;/h6-9,12-13,17,24H,4-5,10-11,14H2,1-3H3,(H2,21,22);2*1H. The van der Waals surface area contributed by atoms with Gasteiger partial charge in [-0.1, -0.05) is 19.9 Å². The fourth-order valence-electron chi connectivity index (χ4n) is 2.67. The molecule has 28 heavy (non-hydrogen) atoms. The lowest BCUT2D eigenvalue weighted by Crippen LogP contribution is -2.22. The minimum absolute atomic E-state index is 0. The fraction of sp³-hybridized carbons (Fsp3) is 0.450. The molecule has 1 aromatic heterocycles. The van der Waals surface area contributed by atoms with Gasteiger partial charge in [-0.15, -0.1) is 36.2 Å². The van der Waals surface area contributed by atoms with Crippen molar-refractivity contribution in [3.05, 3.63) is 46.2 Å². The minimum Gasteiger partial charge on any atom is -0.490 e. The van der Waals surface area contributed by atoms with Crippen LogP contribution in [0.5, 0.6) is 5.75 Å². The van der Waals surface area contributed by atoms with Gasteiger partial charge in [-0.05, 0) is 49.5 Å². The Morgan fingerprint density at radius 1 is 1.25 bits per heavy atom. The summed E-state index contributed by atoms with van der Waals surface area (Å²) < 4.78 is 6.19. The summed E-state index contributed by atoms with van der Waals surface area (Å²) in [4.78, 5) is 7.58. The highest BCUT2D eigenvalue weighted by molar-refractivity contribution is 7.12. The zero-order chi connectivity index (χ0) is 18.9. The molecule has 0 aliphatic heterocycles. The molecule has 0 bridgehead atoms. The van der Waals surface area contributed by atoms with Crippen molar-refractivity contribution < 1.29 is 9.84 Å². The summed E-state index contributed by atoms with van der Waals surface area (Å²) >= 11 is 1.57. The number of nitrogens with zero attached hydrogens (tertiary/aromatic N) is 2. The van der Waals surface area contributed by atoms with Gasteiger partial charge in [0.2, 0.25) is 0 Å². The van der Waals surface area contributed by atoms with E-state index < -0.39 is 0 Å². The zero-order valence-corrected chi connectivity index (χ0v) is 19.1. The average molecular weight is 448 g/mol. The SMILES string of the molecule is CCC(CC)Oc1ccc(N=C(N)c2cccs2)cc1CN(C)CCO.Cl.Cl. The van der Waals surface area contributed by atoms with Crippen LogP contribution in [0.2, 0.25) is 0 Å². The Labute approximate surface area is 184 Å². The molecule has 2 rings (SSSR count). The number of rotatable bonds is 10. The van der Waals surface area contributed by atoms with Crippen LogP contribution in [0.3, 0.4) is 0 Å². The van der Waals surface area contributed by atoms with E-state index in [1.165, 1.54) is 0 Å². The van der Waals surface area contributed by atoms with Gasteiger partial charge in [0.15, 0.2) is 0 Å². The normalized spacial score (nSPS) is 11.3. The first-order chi connectivity index (χ1) is 12.6. The predicted molar refractivity (Wildman–Crippen MR) is 124 cm³/mol. The second kappa shape index (κ2) is 13.8. The Kier molecular flexibility index (Phi) is 13.2. The van der Waals surface area contributed by atoms with E-state index in [1.807, 2.05) is 42.8 Å². The van der Waals surface area contributed by atoms with Crippen LogP contribution in [0.4, 0.5) is 5.69 Å². The quantitative estimate of drug-likeness (QED) is 0.411. The molecule has 0 saturated heterocycles. The maximum atomic E-state index is 9.17. The fourth-order valence-corrected chi connectivity index (χ4v) is 3.30. The van der Waals surface area contributed by atoms with Crippen LogP contribution >= 0.6 is 36.2 Å². The highest BCUT2D eigenvalue weighted by atomic mass is 35.5. The summed E-state index contributed by atoms with van der Waals surface area (Å²) in [6.45, 7) is 5.67. The number of thiophene rings is 1. The first-order valence-corrected chi connectivity index (χ1v) is 9.92. The Morgan fingerprint density at radius 2 is 1.96 bits per heavy atom. The first kappa shape index (κ1) is 26.7. The lowest BCUT2D eigenvalue weighted by atomic mass is 10.1. The monoisotopic (exact) mass is 447 g/mol. The highest BCUT2D eigenvalue weighted by Crippen LogP contribution is 2.28. The number of aliphatic imine (C=N–C) groups is 1. The van der Waals surface area contributed by atoms with Crippen molar-refractivity contribution in [2.75, 3.05) is 20.2 Å². The van der Waals surface area contributed by atoms with E-state index in [2.05, 4.69) is 23.7 Å². The van der Waals surface area contributed by atoms with Crippen LogP contribution in [-0.4, -0.2) is 42.1 Å². The Bertz CT molecular complexity index is 707. The van der Waals surface area contributed by atoms with Gasteiger partial charge in [0.25, 0.3) is 0 Å². The smallest absolute Gasteiger partial charge is 0.141 e. The molecular formula is C20H31Cl2N3O2S. The third-order valence-electron chi connectivity index (χ3n) is 4.19. The van der Waals surface area contributed by atoms with Crippen molar-refractivity contribution in [3.8, 4) is 5.75 Å². The Balaban J connectivity index is 0.00000364. The van der Waals surface area contributed by atoms with E-state index in [4.69, 9.17) is 10.5 Å². The van der Waals surface area contributed by atoms with E-state index in [1.54, 1.807) is 11.3 Å². The van der Waals surface area contributed by atoms with Crippen molar-refractivity contribution in [1.29, 1.82) is 0 Å². The van der Waals surface area contributed by atoms with Crippen LogP contribution < -0.4 is 10.5 Å². The largest absolute Gasteiger partial charge is 0.490 e. The predicted octanol–water partition coefficient (Wildman–Crippen LogP) is 4.62. The molecule has 0 aliphatic rings. The molecule has 0 radical (unpaired) electrons. The number of nitrogens with two attached hydrogens (primary N) is 1. The van der Waals surface area contributed by atoms with Gasteiger partial charge in [-0.3, -0.25) is 4.90 Å². The summed E-state index contributed by atoms with van der Waals surface area (Å²) in [5, 5.41) is 11.2. The Hall–Kier alpha value is -1.31. The van der Waals surface area contributed by atoms with E-state index >= 15 is 0 Å². The Morgan fingerprint density at radius 3 is 2.54 bits per heavy atom. The molecule has 1 aromatic carbocycles. The molecule has 0 unspecified atom stereocenters. The lowest BCUT2D eigenvalue weighted by molar-refractivity contribution is 0.184. The second-order valence-corrected chi connectivity index (χ2v) is 7.23. The van der Waals surface area contributed by atoms with Gasteiger partial charge >= 0.3 is 0 Å². The number of benzene rings is 1. The number of likely N-dealkylation sites (N-methyl/N-ethyl adjacent to an activating group) is 1. The van der Waals surface area contributed by atoms with Crippen molar-refractivity contribution in [2.24, 2.45) is 10.7 Å². The molecule has 0 atom stereocenters. The zero-order valence-electron chi connectivity index (χ0n) is 16.6. The van der Waals surface area contributed by atoms with Crippen LogP contribution in [0.1, 0.15) is 37.1 Å². The highest BCUT2D eigenvalue weighted by Gasteiger charge is 2.12. The maximum Gasteiger partial charge on any atom is 0.141 e. The van der Waals surface area contributed by atoms with Crippen molar-refractivity contribution in [3.63, 3.8) is 0 Å². The molecule has 158 valence electrons. The molecule has 0 fully saturated rings. The third-order valence-corrected chi connectivity index (χ3v) is 5.09. The van der Waals surface area contributed by atoms with Gasteiger partial charge in [-0.2, -0.15) is 0 Å². The molecular weight excluding hydrogens is 417 g/mol. The number of halogens is 2. The van der Waals surface area contributed by atoms with Gasteiger partial charge < -0.3 is 15.6 Å². The van der Waals surface area contributed by atoms with E-state index in [-0.39, 0.29) is 37.5 Å². The molecule has 0 amide bonds. The van der Waals surface area contributed by atoms with E-state index in [0.29, 0.717) is 18.9 Å². The molecule has 0 spiro atoms. The van der Waals surface area contributed by atoms with Crippen molar-refractivity contribution in [1.82, 2.24) is 4.90 Å². The lowest BCUT2D eigenvalue weighted by Gasteiger charge is -2.22. The number of amidine groups is 1. The first-order valence-electron chi connectivity index (χ1n) is 9.04. The van der Waals surface area contributed by atoms with Gasteiger partial charge in [0.1, 0.15) is 11.6 Å². The van der Waals surface area contributed by atoms with Crippen LogP contribution in [0.25, 0.3) is 0 Å². The summed E-state index contributed by atoms with van der Waals surface area (Å²) in [7, 11) is 1.98. The third kappa shape index (κ3) is 7.97. The van der Waals surface area contributed by atoms with Gasteiger partial charge in [0, 0.05) is 18.7 Å². The minimum atomic E-state index is 0. The molecule has 3 N–H and O–H groups in total. The molecule has 0 saturated carbocycles. The molecule has 8 heteroatoms. The molecule has 1 heterocycles.